The second-order valence-corrected chi connectivity index (χ2v) is 19.1. The fourth-order valence-electron chi connectivity index (χ4n) is 11.0. The van der Waals surface area contributed by atoms with Crippen LogP contribution in [0.3, 0.4) is 0 Å². The zero-order valence-corrected chi connectivity index (χ0v) is 40.6. The zero-order valence-electron chi connectivity index (χ0n) is 40.6. The van der Waals surface area contributed by atoms with Gasteiger partial charge in [-0.1, -0.05) is 181 Å². The standard InChI is InChI=1S/C67H49N5/c1-42-27-32-51(44(3)37-42)48-29-34-62-56(39-48)54-22-12-15-25-60(54)71(62)59-24-14-11-21-53(59)50-31-36-64(58(41-50)67-69-65(46-17-7-5-8-18-46)68-66(70-67)47-19-9-6-10-20-47)72-61-26-16-13-23-55(61)57-40-49(30-35-63(57)72)52-33-28-43(2)38-45(52)4/h5-41H,1-4H3. The summed E-state index contributed by atoms with van der Waals surface area (Å²) in [5.74, 6) is 1.81. The van der Waals surface area contributed by atoms with Gasteiger partial charge in [0, 0.05) is 43.8 Å². The highest BCUT2D eigenvalue weighted by atomic mass is 15.1. The number of hydrogen-bond acceptors (Lipinski definition) is 3. The summed E-state index contributed by atoms with van der Waals surface area (Å²) in [6, 6.07) is 80.9. The molecule has 5 heteroatoms. The van der Waals surface area contributed by atoms with Crippen LogP contribution in [-0.2, 0) is 0 Å². The summed E-state index contributed by atoms with van der Waals surface area (Å²) in [7, 11) is 0. The van der Waals surface area contributed by atoms with Gasteiger partial charge in [0.2, 0.25) is 0 Å². The Kier molecular flexibility index (Phi) is 10.3. The Labute approximate surface area is 419 Å². The molecule has 0 saturated carbocycles. The summed E-state index contributed by atoms with van der Waals surface area (Å²) in [6.45, 7) is 8.72. The van der Waals surface area contributed by atoms with E-state index in [2.05, 4.69) is 225 Å². The summed E-state index contributed by atoms with van der Waals surface area (Å²) in [4.78, 5) is 15.9. The van der Waals surface area contributed by atoms with E-state index in [0.717, 1.165) is 61.3 Å². The van der Waals surface area contributed by atoms with E-state index in [1.54, 1.807) is 0 Å². The summed E-state index contributed by atoms with van der Waals surface area (Å²) < 4.78 is 4.83. The minimum atomic E-state index is 0.589. The van der Waals surface area contributed by atoms with Crippen LogP contribution in [0.4, 0.5) is 0 Å². The van der Waals surface area contributed by atoms with Gasteiger partial charge in [-0.15, -0.1) is 0 Å². The number of nitrogens with zero attached hydrogens (tertiary/aromatic N) is 5. The van der Waals surface area contributed by atoms with Crippen LogP contribution in [0.5, 0.6) is 0 Å². The molecule has 0 aliphatic rings. The molecule has 0 aliphatic carbocycles. The van der Waals surface area contributed by atoms with Gasteiger partial charge >= 0.3 is 0 Å². The second kappa shape index (κ2) is 17.3. The van der Waals surface area contributed by atoms with Crippen molar-refractivity contribution >= 4 is 43.6 Å². The molecule has 13 rings (SSSR count). The van der Waals surface area contributed by atoms with Gasteiger partial charge in [0.15, 0.2) is 17.5 Å². The molecule has 0 atom stereocenters. The van der Waals surface area contributed by atoms with Gasteiger partial charge < -0.3 is 9.13 Å². The van der Waals surface area contributed by atoms with Crippen LogP contribution < -0.4 is 0 Å². The third kappa shape index (κ3) is 7.28. The lowest BCUT2D eigenvalue weighted by Crippen LogP contribution is -2.04. The van der Waals surface area contributed by atoms with Crippen LogP contribution in [0.2, 0.25) is 0 Å². The van der Waals surface area contributed by atoms with Gasteiger partial charge in [-0.05, 0) is 121 Å². The molecule has 0 aliphatic heterocycles. The van der Waals surface area contributed by atoms with E-state index in [-0.39, 0.29) is 0 Å². The molecule has 342 valence electrons. The third-order valence-electron chi connectivity index (χ3n) is 14.4. The topological polar surface area (TPSA) is 48.5 Å². The van der Waals surface area contributed by atoms with Crippen molar-refractivity contribution in [2.45, 2.75) is 27.7 Å². The molecule has 0 spiro atoms. The van der Waals surface area contributed by atoms with E-state index < -0.39 is 0 Å². The first-order valence-electron chi connectivity index (χ1n) is 24.7. The second-order valence-electron chi connectivity index (χ2n) is 19.1. The van der Waals surface area contributed by atoms with Crippen LogP contribution in [-0.4, -0.2) is 24.1 Å². The van der Waals surface area contributed by atoms with Crippen LogP contribution in [0.15, 0.2) is 224 Å². The monoisotopic (exact) mass is 923 g/mol. The third-order valence-corrected chi connectivity index (χ3v) is 14.4. The van der Waals surface area contributed by atoms with E-state index in [1.165, 1.54) is 66.1 Å². The number of rotatable bonds is 8. The molecule has 0 N–H and O–H groups in total. The van der Waals surface area contributed by atoms with Crippen LogP contribution >= 0.6 is 0 Å². The van der Waals surface area contributed by atoms with Crippen molar-refractivity contribution in [1.29, 1.82) is 0 Å². The van der Waals surface area contributed by atoms with Crippen molar-refractivity contribution in [2.24, 2.45) is 0 Å². The van der Waals surface area contributed by atoms with E-state index in [1.807, 2.05) is 36.4 Å². The summed E-state index contributed by atoms with van der Waals surface area (Å²) in [5.41, 5.74) is 21.4. The zero-order chi connectivity index (χ0) is 48.5. The normalized spacial score (nSPS) is 11.6. The van der Waals surface area contributed by atoms with Crippen LogP contribution in [0.1, 0.15) is 22.3 Å². The first kappa shape index (κ1) is 42.9. The Morgan fingerprint density at radius 2 is 0.681 bits per heavy atom. The molecule has 10 aromatic carbocycles. The average Bonchev–Trinajstić information content (AvgIpc) is 3.93. The SMILES string of the molecule is Cc1ccc(-c2ccc3c(c2)c2ccccc2n3-c2ccccc2-c2ccc(-n3c4ccccc4c4cc(-c5ccc(C)cc5C)ccc43)c(-c3nc(-c4ccccc4)nc(-c4ccccc4)n3)c2)c(C)c1. The number of para-hydroxylation sites is 3. The number of benzene rings is 10. The van der Waals surface area contributed by atoms with Gasteiger partial charge in [-0.2, -0.15) is 0 Å². The quantitative estimate of drug-likeness (QED) is 0.153. The highest BCUT2D eigenvalue weighted by Crippen LogP contribution is 2.43. The van der Waals surface area contributed by atoms with Crippen molar-refractivity contribution in [2.75, 3.05) is 0 Å². The Balaban J connectivity index is 1.06. The maximum Gasteiger partial charge on any atom is 0.166 e. The Bertz CT molecular complexity index is 4200. The van der Waals surface area contributed by atoms with Crippen molar-refractivity contribution < 1.29 is 0 Å². The van der Waals surface area contributed by atoms with Gasteiger partial charge in [0.05, 0.1) is 33.4 Å². The fraction of sp³-hybridized carbons (Fsp3) is 0.0597. The lowest BCUT2D eigenvalue weighted by Gasteiger charge is -2.18. The van der Waals surface area contributed by atoms with Crippen molar-refractivity contribution in [1.82, 2.24) is 24.1 Å². The molecular formula is C67H49N5. The minimum absolute atomic E-state index is 0.589. The molecule has 3 aromatic heterocycles. The molecule has 0 radical (unpaired) electrons. The first-order valence-corrected chi connectivity index (χ1v) is 24.7. The minimum Gasteiger partial charge on any atom is -0.309 e. The van der Waals surface area contributed by atoms with Crippen molar-refractivity contribution in [3.05, 3.63) is 247 Å². The van der Waals surface area contributed by atoms with Crippen LogP contribution in [0.25, 0.3) is 123 Å². The molecule has 0 bridgehead atoms. The van der Waals surface area contributed by atoms with Crippen molar-refractivity contribution in [3.63, 3.8) is 0 Å². The number of aryl methyl sites for hydroxylation is 4. The smallest absolute Gasteiger partial charge is 0.166 e. The molecule has 0 amide bonds. The molecule has 72 heavy (non-hydrogen) atoms. The van der Waals surface area contributed by atoms with Gasteiger partial charge in [-0.25, -0.2) is 15.0 Å². The number of fused-ring (bicyclic) bond motifs is 6. The van der Waals surface area contributed by atoms with E-state index in [0.29, 0.717) is 17.5 Å². The lowest BCUT2D eigenvalue weighted by molar-refractivity contribution is 1.06. The largest absolute Gasteiger partial charge is 0.309 e. The van der Waals surface area contributed by atoms with E-state index in [9.17, 15) is 0 Å². The Hall–Kier alpha value is -9.19. The molecule has 3 heterocycles. The molecule has 0 unspecified atom stereocenters. The highest BCUT2D eigenvalue weighted by molar-refractivity contribution is 6.12. The molecule has 0 fully saturated rings. The van der Waals surface area contributed by atoms with Crippen LogP contribution in [0, 0.1) is 27.7 Å². The first-order chi connectivity index (χ1) is 35.3. The fourth-order valence-corrected chi connectivity index (χ4v) is 11.0. The molecule has 5 nitrogen and oxygen atoms in total. The molecular weight excluding hydrogens is 875 g/mol. The number of hydrogen-bond donors (Lipinski definition) is 0. The van der Waals surface area contributed by atoms with Gasteiger partial charge in [-0.3, -0.25) is 0 Å². The predicted molar refractivity (Wildman–Crippen MR) is 300 cm³/mol. The predicted octanol–water partition coefficient (Wildman–Crippen LogP) is 17.3. The highest BCUT2D eigenvalue weighted by Gasteiger charge is 2.23. The van der Waals surface area contributed by atoms with E-state index >= 15 is 0 Å². The Morgan fingerprint density at radius 1 is 0.264 bits per heavy atom. The summed E-state index contributed by atoms with van der Waals surface area (Å²) >= 11 is 0. The molecule has 0 saturated heterocycles. The maximum absolute atomic E-state index is 5.39. The van der Waals surface area contributed by atoms with E-state index in [4.69, 9.17) is 15.0 Å². The van der Waals surface area contributed by atoms with Gasteiger partial charge in [0.1, 0.15) is 0 Å². The Morgan fingerprint density at radius 3 is 1.21 bits per heavy atom. The van der Waals surface area contributed by atoms with Gasteiger partial charge in [0.25, 0.3) is 0 Å². The maximum atomic E-state index is 5.39. The van der Waals surface area contributed by atoms with Crippen molar-refractivity contribution in [3.8, 4) is 78.9 Å². The summed E-state index contributed by atoms with van der Waals surface area (Å²) in [6.07, 6.45) is 0. The lowest BCUT2D eigenvalue weighted by atomic mass is 9.97. The summed E-state index contributed by atoms with van der Waals surface area (Å²) in [5, 5.41) is 4.79. The average molecular weight is 924 g/mol. The molecule has 13 aromatic rings. The number of aromatic nitrogens is 5.